The van der Waals surface area contributed by atoms with E-state index in [9.17, 15) is 9.59 Å². The van der Waals surface area contributed by atoms with Crippen molar-refractivity contribution in [1.29, 1.82) is 0 Å². The molecule has 6 rings (SSSR count). The van der Waals surface area contributed by atoms with Crippen LogP contribution in [0.15, 0.2) is 18.2 Å². The molecule has 4 saturated carbocycles. The molecule has 1 aromatic carbocycles. The van der Waals surface area contributed by atoms with Crippen LogP contribution in [0.5, 0.6) is 11.5 Å². The summed E-state index contributed by atoms with van der Waals surface area (Å²) in [6.45, 7) is -0.000618. The zero-order valence-electron chi connectivity index (χ0n) is 13.5. The number of nitrogens with one attached hydrogen (secondary N) is 1. The second kappa shape index (κ2) is 4.98. The third-order valence-corrected chi connectivity index (χ3v) is 6.27. The number of carbonyl (C=O) groups excluding carboxylic acids is 2. The first-order valence-electron chi connectivity index (χ1n) is 8.89. The summed E-state index contributed by atoms with van der Waals surface area (Å²) < 4.78 is 11.2. The first-order valence-corrected chi connectivity index (χ1v) is 8.89. The molecule has 4 aliphatic carbocycles. The molecule has 0 spiro atoms. The third-order valence-electron chi connectivity index (χ3n) is 6.27. The zero-order chi connectivity index (χ0) is 16.3. The van der Waals surface area contributed by atoms with Gasteiger partial charge >= 0.3 is 5.97 Å². The van der Waals surface area contributed by atoms with Crippen molar-refractivity contribution in [2.24, 2.45) is 23.2 Å². The van der Waals surface area contributed by atoms with Gasteiger partial charge in [-0.25, -0.2) is 0 Å². The number of benzene rings is 1. The molecular weight excluding hydrogens is 306 g/mol. The van der Waals surface area contributed by atoms with E-state index in [0.717, 1.165) is 19.3 Å². The zero-order valence-corrected chi connectivity index (χ0v) is 13.5. The summed E-state index contributed by atoms with van der Waals surface area (Å²) in [5.41, 5.74) is 0.362. The van der Waals surface area contributed by atoms with Gasteiger partial charge in [0.15, 0.2) is 6.61 Å². The summed E-state index contributed by atoms with van der Waals surface area (Å²) in [5, 5.41) is 2.74. The topological polar surface area (TPSA) is 64.6 Å². The van der Waals surface area contributed by atoms with Crippen LogP contribution < -0.4 is 14.8 Å². The summed E-state index contributed by atoms with van der Waals surface area (Å²) in [7, 11) is 0. The summed E-state index contributed by atoms with van der Waals surface area (Å²) in [6, 6.07) is 5.16. The molecule has 1 amide bonds. The van der Waals surface area contributed by atoms with E-state index in [1.165, 1.54) is 19.3 Å². The summed E-state index contributed by atoms with van der Waals surface area (Å²) in [5.74, 6) is 2.97. The van der Waals surface area contributed by atoms with Crippen LogP contribution >= 0.6 is 0 Å². The number of hydrogen-bond donors (Lipinski definition) is 1. The fourth-order valence-corrected chi connectivity index (χ4v) is 5.69. The molecule has 5 aliphatic rings. The van der Waals surface area contributed by atoms with E-state index in [4.69, 9.17) is 9.47 Å². The predicted molar refractivity (Wildman–Crippen MR) is 86.8 cm³/mol. The number of fused-ring (bicyclic) bond motifs is 1. The molecule has 0 saturated heterocycles. The van der Waals surface area contributed by atoms with Crippen LogP contribution in [0, 0.1) is 23.2 Å². The Morgan fingerprint density at radius 1 is 1.12 bits per heavy atom. The van der Waals surface area contributed by atoms with Crippen LogP contribution in [0.25, 0.3) is 0 Å². The van der Waals surface area contributed by atoms with Crippen molar-refractivity contribution in [3.8, 4) is 11.5 Å². The van der Waals surface area contributed by atoms with E-state index in [1.807, 2.05) is 0 Å². The fourth-order valence-electron chi connectivity index (χ4n) is 5.69. The molecule has 0 atom stereocenters. The van der Waals surface area contributed by atoms with Crippen molar-refractivity contribution >= 4 is 17.6 Å². The lowest BCUT2D eigenvalue weighted by Crippen LogP contribution is -2.51. The van der Waals surface area contributed by atoms with Gasteiger partial charge in [-0.1, -0.05) is 0 Å². The molecular formula is C19H21NO4. The van der Waals surface area contributed by atoms with Gasteiger partial charge in [0.05, 0.1) is 11.1 Å². The normalized spacial score (nSPS) is 35.8. The minimum atomic E-state index is -0.264. The number of esters is 1. The highest BCUT2D eigenvalue weighted by Gasteiger charge is 2.55. The number of hydrogen-bond acceptors (Lipinski definition) is 4. The van der Waals surface area contributed by atoms with E-state index in [2.05, 4.69) is 5.32 Å². The molecule has 4 bridgehead atoms. The van der Waals surface area contributed by atoms with Crippen molar-refractivity contribution in [2.45, 2.75) is 38.5 Å². The lowest BCUT2D eigenvalue weighted by molar-refractivity contribution is -0.161. The molecule has 5 heteroatoms. The maximum absolute atomic E-state index is 13.0. The van der Waals surface area contributed by atoms with Gasteiger partial charge in [0, 0.05) is 6.07 Å². The van der Waals surface area contributed by atoms with Gasteiger partial charge in [0.25, 0.3) is 5.91 Å². The average Bonchev–Trinajstić information content (AvgIpc) is 2.54. The Morgan fingerprint density at radius 3 is 2.46 bits per heavy atom. The molecule has 4 fully saturated rings. The lowest BCUT2D eigenvalue weighted by atomic mass is 9.49. The van der Waals surface area contributed by atoms with Crippen LogP contribution in [0.3, 0.4) is 0 Å². The Hall–Kier alpha value is -2.04. The molecule has 1 aliphatic heterocycles. The van der Waals surface area contributed by atoms with Crippen LogP contribution in [0.4, 0.5) is 5.69 Å². The Labute approximate surface area is 140 Å². The van der Waals surface area contributed by atoms with Gasteiger partial charge < -0.3 is 14.8 Å². The number of carbonyl (C=O) groups is 2. The predicted octanol–water partition coefficient (Wildman–Crippen LogP) is 3.14. The Balaban J connectivity index is 1.36. The second-order valence-electron chi connectivity index (χ2n) is 8.08. The SMILES string of the molecule is O=C1COc2cc(OC(=O)C34CC5CC(CC(C5)C3)C4)ccc2N1. The smallest absolute Gasteiger partial charge is 0.317 e. The maximum Gasteiger partial charge on any atom is 0.317 e. The van der Waals surface area contributed by atoms with Gasteiger partial charge in [-0.2, -0.15) is 0 Å². The highest BCUT2D eigenvalue weighted by molar-refractivity contribution is 5.95. The quantitative estimate of drug-likeness (QED) is 0.669. The molecule has 0 aromatic heterocycles. The van der Waals surface area contributed by atoms with E-state index >= 15 is 0 Å². The van der Waals surface area contributed by atoms with Crippen molar-refractivity contribution in [3.05, 3.63) is 18.2 Å². The number of rotatable bonds is 2. The molecule has 126 valence electrons. The minimum absolute atomic E-state index is 0.000618. The van der Waals surface area contributed by atoms with Crippen molar-refractivity contribution in [2.75, 3.05) is 11.9 Å². The highest BCUT2D eigenvalue weighted by atomic mass is 16.5. The average molecular weight is 327 g/mol. The van der Waals surface area contributed by atoms with Crippen molar-refractivity contribution in [3.63, 3.8) is 0 Å². The third kappa shape index (κ3) is 2.21. The largest absolute Gasteiger partial charge is 0.481 e. The van der Waals surface area contributed by atoms with Gasteiger partial charge in [-0.05, 0) is 68.4 Å². The molecule has 0 radical (unpaired) electrons. The summed E-state index contributed by atoms with van der Waals surface area (Å²) >= 11 is 0. The van der Waals surface area contributed by atoms with Gasteiger partial charge in [0.1, 0.15) is 11.5 Å². The molecule has 0 unspecified atom stereocenters. The van der Waals surface area contributed by atoms with Crippen LogP contribution in [-0.2, 0) is 9.59 Å². The minimum Gasteiger partial charge on any atom is -0.481 e. The van der Waals surface area contributed by atoms with Crippen LogP contribution in [0.2, 0.25) is 0 Å². The van der Waals surface area contributed by atoms with Crippen molar-refractivity contribution < 1.29 is 19.1 Å². The van der Waals surface area contributed by atoms with E-state index in [-0.39, 0.29) is 23.9 Å². The molecule has 5 nitrogen and oxygen atoms in total. The number of anilines is 1. The molecule has 1 heterocycles. The molecule has 1 N–H and O–H groups in total. The standard InChI is InChI=1S/C19H21NO4/c21-17-10-23-16-6-14(1-2-15(16)20-17)24-18(22)19-7-11-3-12(8-19)5-13(4-11)9-19/h1-2,6,11-13H,3-5,7-10H2,(H,20,21). The highest BCUT2D eigenvalue weighted by Crippen LogP contribution is 2.60. The lowest BCUT2D eigenvalue weighted by Gasteiger charge is -2.55. The molecule has 1 aromatic rings. The Morgan fingerprint density at radius 2 is 1.79 bits per heavy atom. The van der Waals surface area contributed by atoms with Crippen LogP contribution in [-0.4, -0.2) is 18.5 Å². The van der Waals surface area contributed by atoms with Gasteiger partial charge in [-0.3, -0.25) is 9.59 Å². The summed E-state index contributed by atoms with van der Waals surface area (Å²) in [6.07, 6.45) is 6.90. The fraction of sp³-hybridized carbons (Fsp3) is 0.579. The first-order chi connectivity index (χ1) is 11.6. The van der Waals surface area contributed by atoms with Crippen molar-refractivity contribution in [1.82, 2.24) is 0 Å². The first kappa shape index (κ1) is 14.3. The Bertz CT molecular complexity index is 691. The monoisotopic (exact) mass is 327 g/mol. The van der Waals surface area contributed by atoms with Gasteiger partial charge in [-0.15, -0.1) is 0 Å². The van der Waals surface area contributed by atoms with Gasteiger partial charge in [0.2, 0.25) is 0 Å². The van der Waals surface area contributed by atoms with Crippen LogP contribution in [0.1, 0.15) is 38.5 Å². The van der Waals surface area contributed by atoms with E-state index in [1.54, 1.807) is 18.2 Å². The number of amides is 1. The Kier molecular flexibility index (Phi) is 2.97. The maximum atomic E-state index is 13.0. The summed E-state index contributed by atoms with van der Waals surface area (Å²) in [4.78, 5) is 24.3. The van der Waals surface area contributed by atoms with E-state index in [0.29, 0.717) is 34.9 Å². The number of ether oxygens (including phenoxy) is 2. The molecule has 24 heavy (non-hydrogen) atoms. The second-order valence-corrected chi connectivity index (χ2v) is 8.08. The van der Waals surface area contributed by atoms with E-state index < -0.39 is 0 Å².